The van der Waals surface area contributed by atoms with Crippen molar-refractivity contribution in [2.24, 2.45) is 5.41 Å². The minimum atomic E-state index is -0.534. The molecule has 0 bridgehead atoms. The molecule has 5 amide bonds. The lowest BCUT2D eigenvalue weighted by Gasteiger charge is -2.32. The van der Waals surface area contributed by atoms with Crippen LogP contribution in [0.2, 0.25) is 5.02 Å². The van der Waals surface area contributed by atoms with Gasteiger partial charge in [0.15, 0.2) is 0 Å². The minimum absolute atomic E-state index is 0.0690. The van der Waals surface area contributed by atoms with E-state index < -0.39 is 5.41 Å². The molecule has 2 fully saturated rings. The van der Waals surface area contributed by atoms with Crippen molar-refractivity contribution in [1.29, 1.82) is 0 Å². The van der Waals surface area contributed by atoms with Crippen LogP contribution in [0.4, 0.5) is 21.0 Å². The maximum atomic E-state index is 13.0. The van der Waals surface area contributed by atoms with Crippen LogP contribution in [0.25, 0.3) is 0 Å². The molecule has 2 heterocycles. The first-order valence-electron chi connectivity index (χ1n) is 10.1. The quantitative estimate of drug-likeness (QED) is 0.667. The highest BCUT2D eigenvalue weighted by Gasteiger charge is 2.45. The fourth-order valence-corrected chi connectivity index (χ4v) is 4.26. The Hall–Kier alpha value is -3.26. The molecular formula is C22H24ClN5O3. The Kier molecular flexibility index (Phi) is 5.99. The highest BCUT2D eigenvalue weighted by molar-refractivity contribution is 6.30. The lowest BCUT2D eigenvalue weighted by Crippen LogP contribution is -2.46. The number of urea groups is 2. The molecule has 2 aromatic carbocycles. The van der Waals surface area contributed by atoms with Crippen LogP contribution in [0.1, 0.15) is 6.42 Å². The maximum Gasteiger partial charge on any atom is 0.321 e. The Morgan fingerprint density at radius 1 is 0.903 bits per heavy atom. The van der Waals surface area contributed by atoms with Gasteiger partial charge in [0.2, 0.25) is 5.91 Å². The van der Waals surface area contributed by atoms with Gasteiger partial charge in [-0.15, -0.1) is 0 Å². The maximum absolute atomic E-state index is 13.0. The Morgan fingerprint density at radius 2 is 1.52 bits per heavy atom. The van der Waals surface area contributed by atoms with Crippen LogP contribution >= 0.6 is 11.6 Å². The van der Waals surface area contributed by atoms with Crippen LogP contribution in [0, 0.1) is 5.41 Å². The largest absolute Gasteiger partial charge is 0.355 e. The van der Waals surface area contributed by atoms with Gasteiger partial charge in [-0.05, 0) is 30.3 Å². The molecule has 0 aromatic heterocycles. The molecule has 1 spiro atoms. The summed E-state index contributed by atoms with van der Waals surface area (Å²) in [5, 5.41) is 9.14. The van der Waals surface area contributed by atoms with Crippen molar-refractivity contribution >= 4 is 40.9 Å². The Balaban J connectivity index is 1.50. The van der Waals surface area contributed by atoms with Gasteiger partial charge in [-0.1, -0.05) is 35.9 Å². The first kappa shape index (κ1) is 21.0. The van der Waals surface area contributed by atoms with E-state index in [0.717, 1.165) is 0 Å². The van der Waals surface area contributed by atoms with Gasteiger partial charge in [-0.25, -0.2) is 9.59 Å². The summed E-state index contributed by atoms with van der Waals surface area (Å²) in [5.41, 5.74) is 0.755. The van der Waals surface area contributed by atoms with Crippen LogP contribution in [-0.2, 0) is 4.79 Å². The summed E-state index contributed by atoms with van der Waals surface area (Å²) >= 11 is 6.01. The topological polar surface area (TPSA) is 93.8 Å². The van der Waals surface area contributed by atoms with Gasteiger partial charge < -0.3 is 25.8 Å². The molecule has 0 radical (unpaired) electrons. The van der Waals surface area contributed by atoms with E-state index in [0.29, 0.717) is 49.1 Å². The Labute approximate surface area is 185 Å². The van der Waals surface area contributed by atoms with E-state index in [-0.39, 0.29) is 24.4 Å². The van der Waals surface area contributed by atoms with E-state index in [4.69, 9.17) is 11.6 Å². The molecule has 162 valence electrons. The number of nitrogens with zero attached hydrogens (tertiary/aromatic N) is 2. The molecular weight excluding hydrogens is 418 g/mol. The molecule has 0 unspecified atom stereocenters. The molecule has 1 atom stereocenters. The summed E-state index contributed by atoms with van der Waals surface area (Å²) in [5.74, 6) is -0.0690. The van der Waals surface area contributed by atoms with E-state index in [1.54, 1.807) is 34.1 Å². The Morgan fingerprint density at radius 3 is 2.10 bits per heavy atom. The van der Waals surface area contributed by atoms with Crippen LogP contribution < -0.4 is 16.0 Å². The SMILES string of the molecule is O=C1C[C@]2(CN1)CN(C(=O)Nc1ccccc1)CCN(C(=O)Nc1cccc(Cl)c1)C2. The molecule has 9 heteroatoms. The van der Waals surface area contributed by atoms with Crippen molar-refractivity contribution in [3.05, 3.63) is 59.6 Å². The number of rotatable bonds is 2. The summed E-state index contributed by atoms with van der Waals surface area (Å²) in [6.45, 7) is 1.88. The third kappa shape index (κ3) is 5.08. The Bertz CT molecular complexity index is 986. The predicted octanol–water partition coefficient (Wildman–Crippen LogP) is 3.23. The summed E-state index contributed by atoms with van der Waals surface area (Å²) in [7, 11) is 0. The van der Waals surface area contributed by atoms with Crippen molar-refractivity contribution in [2.45, 2.75) is 6.42 Å². The van der Waals surface area contributed by atoms with E-state index in [1.807, 2.05) is 30.3 Å². The fourth-order valence-electron chi connectivity index (χ4n) is 4.07. The smallest absolute Gasteiger partial charge is 0.321 e. The second kappa shape index (κ2) is 8.85. The van der Waals surface area contributed by atoms with Gasteiger partial charge in [0, 0.05) is 61.0 Å². The first-order chi connectivity index (χ1) is 14.9. The van der Waals surface area contributed by atoms with Crippen LogP contribution in [0.5, 0.6) is 0 Å². The van der Waals surface area contributed by atoms with Crippen LogP contribution in [0.15, 0.2) is 54.6 Å². The number of nitrogens with one attached hydrogen (secondary N) is 3. The van der Waals surface area contributed by atoms with Crippen LogP contribution in [0.3, 0.4) is 0 Å². The molecule has 31 heavy (non-hydrogen) atoms. The molecule has 2 saturated heterocycles. The number of amides is 5. The second-order valence-electron chi connectivity index (χ2n) is 8.03. The van der Waals surface area contributed by atoms with Gasteiger partial charge in [-0.3, -0.25) is 4.79 Å². The molecule has 2 aromatic rings. The lowest BCUT2D eigenvalue weighted by atomic mass is 9.86. The van der Waals surface area contributed by atoms with Crippen molar-refractivity contribution in [1.82, 2.24) is 15.1 Å². The van der Waals surface area contributed by atoms with Gasteiger partial charge in [0.25, 0.3) is 0 Å². The third-order valence-electron chi connectivity index (χ3n) is 5.56. The van der Waals surface area contributed by atoms with E-state index in [9.17, 15) is 14.4 Å². The molecule has 0 saturated carbocycles. The number of anilines is 2. The normalized spacial score (nSPS) is 20.9. The number of para-hydroxylation sites is 1. The number of carbonyl (C=O) groups excluding carboxylic acids is 3. The molecule has 4 rings (SSSR count). The summed E-state index contributed by atoms with van der Waals surface area (Å²) < 4.78 is 0. The zero-order chi connectivity index (χ0) is 21.8. The van der Waals surface area contributed by atoms with Crippen molar-refractivity contribution in [2.75, 3.05) is 43.4 Å². The summed E-state index contributed by atoms with van der Waals surface area (Å²) in [6.07, 6.45) is 0.267. The lowest BCUT2D eigenvalue weighted by molar-refractivity contribution is -0.119. The van der Waals surface area contributed by atoms with Gasteiger partial charge in [0.1, 0.15) is 0 Å². The molecule has 2 aliphatic rings. The molecule has 3 N–H and O–H groups in total. The predicted molar refractivity (Wildman–Crippen MR) is 119 cm³/mol. The number of hydrogen-bond acceptors (Lipinski definition) is 3. The molecule has 8 nitrogen and oxygen atoms in total. The number of benzene rings is 2. The second-order valence-corrected chi connectivity index (χ2v) is 8.47. The van der Waals surface area contributed by atoms with Crippen LogP contribution in [-0.4, -0.2) is 60.5 Å². The first-order valence-corrected chi connectivity index (χ1v) is 10.5. The van der Waals surface area contributed by atoms with Gasteiger partial charge >= 0.3 is 12.1 Å². The van der Waals surface area contributed by atoms with E-state index in [2.05, 4.69) is 16.0 Å². The highest BCUT2D eigenvalue weighted by Crippen LogP contribution is 2.31. The van der Waals surface area contributed by atoms with Gasteiger partial charge in [-0.2, -0.15) is 0 Å². The third-order valence-corrected chi connectivity index (χ3v) is 5.80. The van der Waals surface area contributed by atoms with Crippen molar-refractivity contribution in [3.8, 4) is 0 Å². The number of hydrogen-bond donors (Lipinski definition) is 3. The zero-order valence-corrected chi connectivity index (χ0v) is 17.7. The minimum Gasteiger partial charge on any atom is -0.355 e. The van der Waals surface area contributed by atoms with E-state index in [1.165, 1.54) is 0 Å². The summed E-state index contributed by atoms with van der Waals surface area (Å²) in [4.78, 5) is 41.3. The van der Waals surface area contributed by atoms with Crippen molar-refractivity contribution in [3.63, 3.8) is 0 Å². The zero-order valence-electron chi connectivity index (χ0n) is 16.9. The fraction of sp³-hybridized carbons (Fsp3) is 0.318. The van der Waals surface area contributed by atoms with Crippen molar-refractivity contribution < 1.29 is 14.4 Å². The standard InChI is InChI=1S/C22H24ClN5O3/c23-16-5-4-8-18(11-16)26-21(31)28-10-9-27(14-22(15-28)12-19(29)24-13-22)20(30)25-17-6-2-1-3-7-17/h1-8,11H,9-10,12-15H2,(H,24,29)(H,25,30)(H,26,31)/t22-/m0/s1. The molecule has 2 aliphatic heterocycles. The number of halogens is 1. The van der Waals surface area contributed by atoms with E-state index >= 15 is 0 Å². The number of carbonyl (C=O) groups is 3. The van der Waals surface area contributed by atoms with Gasteiger partial charge in [0.05, 0.1) is 0 Å². The monoisotopic (exact) mass is 441 g/mol. The molecule has 0 aliphatic carbocycles. The average Bonchev–Trinajstić information content (AvgIpc) is 2.99. The highest BCUT2D eigenvalue weighted by atomic mass is 35.5. The summed E-state index contributed by atoms with van der Waals surface area (Å²) in [6, 6.07) is 15.6. The average molecular weight is 442 g/mol.